The van der Waals surface area contributed by atoms with Crippen molar-refractivity contribution in [1.82, 2.24) is 9.55 Å². The largest absolute Gasteiger partial charge is 0.497 e. The molecule has 0 bridgehead atoms. The monoisotopic (exact) mass is 320 g/mol. The quantitative estimate of drug-likeness (QED) is 0.542. The number of benzene rings is 2. The molecule has 5 heteroatoms. The molecule has 0 aliphatic rings. The van der Waals surface area contributed by atoms with Crippen molar-refractivity contribution in [2.75, 3.05) is 7.11 Å². The van der Waals surface area contributed by atoms with Crippen LogP contribution in [-0.4, -0.2) is 16.7 Å². The van der Waals surface area contributed by atoms with Crippen molar-refractivity contribution < 1.29 is 9.15 Å². The molecule has 0 unspecified atom stereocenters. The lowest BCUT2D eigenvalue weighted by Crippen LogP contribution is -2.07. The Morgan fingerprint density at radius 3 is 2.83 bits per heavy atom. The number of rotatable bonds is 3. The number of aromatic nitrogens is 2. The van der Waals surface area contributed by atoms with Gasteiger partial charge in [0.15, 0.2) is 0 Å². The standard InChI is InChI=1S/C19H16N2O3/c1-12-20-16-5-3-4-6-17(16)21(12)11-13-9-19(22)24-18-10-14(23-2)7-8-15(13)18/h3-10H,11H2,1-2H3. The van der Waals surface area contributed by atoms with Gasteiger partial charge in [0, 0.05) is 17.5 Å². The summed E-state index contributed by atoms with van der Waals surface area (Å²) in [6.07, 6.45) is 0. The summed E-state index contributed by atoms with van der Waals surface area (Å²) < 4.78 is 12.6. The van der Waals surface area contributed by atoms with Crippen LogP contribution in [0.1, 0.15) is 11.4 Å². The first-order valence-corrected chi connectivity index (χ1v) is 7.68. The van der Waals surface area contributed by atoms with Gasteiger partial charge < -0.3 is 13.7 Å². The van der Waals surface area contributed by atoms with Gasteiger partial charge in [-0.2, -0.15) is 0 Å². The fourth-order valence-electron chi connectivity index (χ4n) is 3.03. The third-order valence-corrected chi connectivity index (χ3v) is 4.21. The van der Waals surface area contributed by atoms with Gasteiger partial charge in [0.1, 0.15) is 17.2 Å². The van der Waals surface area contributed by atoms with Crippen LogP contribution in [0.4, 0.5) is 0 Å². The SMILES string of the molecule is COc1ccc2c(Cn3c(C)nc4ccccc43)cc(=O)oc2c1. The summed E-state index contributed by atoms with van der Waals surface area (Å²) in [5, 5.41) is 0.896. The first-order chi connectivity index (χ1) is 11.7. The fourth-order valence-corrected chi connectivity index (χ4v) is 3.03. The highest BCUT2D eigenvalue weighted by Gasteiger charge is 2.11. The van der Waals surface area contributed by atoms with Gasteiger partial charge >= 0.3 is 5.63 Å². The summed E-state index contributed by atoms with van der Waals surface area (Å²) >= 11 is 0. The van der Waals surface area contributed by atoms with E-state index in [4.69, 9.17) is 9.15 Å². The summed E-state index contributed by atoms with van der Waals surface area (Å²) in [5.41, 5.74) is 3.05. The molecule has 0 radical (unpaired) electrons. The zero-order chi connectivity index (χ0) is 16.7. The highest BCUT2D eigenvalue weighted by Crippen LogP contribution is 2.24. The van der Waals surface area contributed by atoms with Gasteiger partial charge in [-0.05, 0) is 36.8 Å². The van der Waals surface area contributed by atoms with Gasteiger partial charge in [0.05, 0.1) is 24.7 Å². The Hall–Kier alpha value is -3.08. The van der Waals surface area contributed by atoms with Crippen molar-refractivity contribution in [3.63, 3.8) is 0 Å². The second-order valence-corrected chi connectivity index (χ2v) is 5.69. The number of fused-ring (bicyclic) bond motifs is 2. The number of para-hydroxylation sites is 2. The molecule has 5 nitrogen and oxygen atoms in total. The lowest BCUT2D eigenvalue weighted by molar-refractivity contribution is 0.414. The molecule has 2 aromatic carbocycles. The predicted molar refractivity (Wildman–Crippen MR) is 92.6 cm³/mol. The van der Waals surface area contributed by atoms with Crippen molar-refractivity contribution in [1.29, 1.82) is 0 Å². The molecule has 0 aliphatic carbocycles. The van der Waals surface area contributed by atoms with Crippen LogP contribution in [-0.2, 0) is 6.54 Å². The van der Waals surface area contributed by atoms with Crippen LogP contribution in [0.5, 0.6) is 5.75 Å². The van der Waals surface area contributed by atoms with Crippen LogP contribution >= 0.6 is 0 Å². The molecular weight excluding hydrogens is 304 g/mol. The van der Waals surface area contributed by atoms with Gasteiger partial charge in [0.2, 0.25) is 0 Å². The Bertz CT molecular complexity index is 1110. The molecule has 0 aliphatic heterocycles. The van der Waals surface area contributed by atoms with E-state index >= 15 is 0 Å². The van der Waals surface area contributed by atoms with E-state index in [9.17, 15) is 4.79 Å². The number of aryl methyl sites for hydroxylation is 1. The number of hydrogen-bond donors (Lipinski definition) is 0. The molecule has 2 heterocycles. The van der Waals surface area contributed by atoms with E-state index in [2.05, 4.69) is 9.55 Å². The van der Waals surface area contributed by atoms with Crippen molar-refractivity contribution in [2.45, 2.75) is 13.5 Å². The molecule has 0 saturated carbocycles. The van der Waals surface area contributed by atoms with Crippen LogP contribution in [0.2, 0.25) is 0 Å². The number of hydrogen-bond acceptors (Lipinski definition) is 4. The van der Waals surface area contributed by atoms with Crippen LogP contribution in [0.15, 0.2) is 57.7 Å². The van der Waals surface area contributed by atoms with Gasteiger partial charge in [-0.25, -0.2) is 9.78 Å². The topological polar surface area (TPSA) is 57.3 Å². The summed E-state index contributed by atoms with van der Waals surface area (Å²) in [5.74, 6) is 1.57. The highest BCUT2D eigenvalue weighted by molar-refractivity contribution is 5.82. The molecular formula is C19H16N2O3. The molecule has 0 saturated heterocycles. The molecule has 0 fully saturated rings. The van der Waals surface area contributed by atoms with Crippen LogP contribution in [0, 0.1) is 6.92 Å². The third kappa shape index (κ3) is 2.34. The maximum Gasteiger partial charge on any atom is 0.336 e. The van der Waals surface area contributed by atoms with Crippen LogP contribution in [0.3, 0.4) is 0 Å². The summed E-state index contributed by atoms with van der Waals surface area (Å²) in [6, 6.07) is 15.0. The van der Waals surface area contributed by atoms with Crippen molar-refractivity contribution in [2.24, 2.45) is 0 Å². The second-order valence-electron chi connectivity index (χ2n) is 5.69. The Kier molecular flexibility index (Phi) is 3.34. The second kappa shape index (κ2) is 5.53. The first-order valence-electron chi connectivity index (χ1n) is 7.68. The normalized spacial score (nSPS) is 11.2. The van der Waals surface area contributed by atoms with Crippen molar-refractivity contribution >= 4 is 22.0 Å². The maximum absolute atomic E-state index is 11.9. The molecule has 0 spiro atoms. The summed E-state index contributed by atoms with van der Waals surface area (Å²) in [4.78, 5) is 16.5. The lowest BCUT2D eigenvalue weighted by Gasteiger charge is -2.10. The molecule has 120 valence electrons. The van der Waals surface area contributed by atoms with Gasteiger partial charge in [-0.15, -0.1) is 0 Å². The fraction of sp³-hybridized carbons (Fsp3) is 0.158. The molecule has 0 N–H and O–H groups in total. The van der Waals surface area contributed by atoms with E-state index in [0.717, 1.165) is 27.8 Å². The maximum atomic E-state index is 11.9. The average molecular weight is 320 g/mol. The van der Waals surface area contributed by atoms with Crippen LogP contribution < -0.4 is 10.4 Å². The van der Waals surface area contributed by atoms with E-state index < -0.39 is 0 Å². The first kappa shape index (κ1) is 14.5. The minimum Gasteiger partial charge on any atom is -0.497 e. The molecule has 24 heavy (non-hydrogen) atoms. The van der Waals surface area contributed by atoms with E-state index in [1.54, 1.807) is 19.2 Å². The smallest absolute Gasteiger partial charge is 0.336 e. The number of nitrogens with zero attached hydrogens (tertiary/aromatic N) is 2. The number of methoxy groups -OCH3 is 1. The van der Waals surface area contributed by atoms with Crippen LogP contribution in [0.25, 0.3) is 22.0 Å². The number of ether oxygens (including phenoxy) is 1. The van der Waals surface area contributed by atoms with Gasteiger partial charge in [-0.1, -0.05) is 12.1 Å². The summed E-state index contributed by atoms with van der Waals surface area (Å²) in [7, 11) is 1.59. The molecule has 2 aromatic heterocycles. The van der Waals surface area contributed by atoms with E-state index in [1.807, 2.05) is 43.3 Å². The zero-order valence-corrected chi connectivity index (χ0v) is 13.4. The zero-order valence-electron chi connectivity index (χ0n) is 13.4. The minimum atomic E-state index is -0.368. The van der Waals surface area contributed by atoms with E-state index in [0.29, 0.717) is 17.9 Å². The third-order valence-electron chi connectivity index (χ3n) is 4.21. The number of imidazole rings is 1. The van der Waals surface area contributed by atoms with Crippen molar-refractivity contribution in [3.05, 3.63) is 70.3 Å². The molecule has 4 rings (SSSR count). The van der Waals surface area contributed by atoms with E-state index in [1.165, 1.54) is 0 Å². The molecule has 0 amide bonds. The molecule has 4 aromatic rings. The Labute approximate surface area is 138 Å². The Morgan fingerprint density at radius 2 is 2.00 bits per heavy atom. The highest BCUT2D eigenvalue weighted by atomic mass is 16.5. The van der Waals surface area contributed by atoms with Crippen molar-refractivity contribution in [3.8, 4) is 5.75 Å². The predicted octanol–water partition coefficient (Wildman–Crippen LogP) is 3.51. The Balaban J connectivity index is 1.90. The average Bonchev–Trinajstić information content (AvgIpc) is 2.90. The van der Waals surface area contributed by atoms with Gasteiger partial charge in [-0.3, -0.25) is 0 Å². The lowest BCUT2D eigenvalue weighted by atomic mass is 10.1. The van der Waals surface area contributed by atoms with E-state index in [-0.39, 0.29) is 5.63 Å². The summed E-state index contributed by atoms with van der Waals surface area (Å²) in [6.45, 7) is 2.53. The Morgan fingerprint density at radius 1 is 1.17 bits per heavy atom. The molecule has 0 atom stereocenters. The van der Waals surface area contributed by atoms with Gasteiger partial charge in [0.25, 0.3) is 0 Å². The minimum absolute atomic E-state index is 0.368.